The molecule has 7 heteroatoms. The van der Waals surface area contributed by atoms with Crippen molar-refractivity contribution in [2.75, 3.05) is 12.5 Å². The van der Waals surface area contributed by atoms with E-state index in [1.165, 1.54) is 19.2 Å². The molecule has 0 bridgehead atoms. The Bertz CT molecular complexity index is 760. The lowest BCUT2D eigenvalue weighted by Crippen LogP contribution is -2.21. The molecule has 1 aromatic carbocycles. The number of hydrazone groups is 1. The fourth-order valence-electron chi connectivity index (χ4n) is 2.16. The van der Waals surface area contributed by atoms with Crippen LogP contribution in [0.15, 0.2) is 29.4 Å². The van der Waals surface area contributed by atoms with Crippen LogP contribution in [-0.4, -0.2) is 30.2 Å². The fraction of sp³-hybridized carbons (Fsp3) is 0.188. The maximum atomic E-state index is 11.7. The van der Waals surface area contributed by atoms with Crippen molar-refractivity contribution in [3.63, 3.8) is 0 Å². The number of hydrogen-bond acceptors (Lipinski definition) is 6. The number of hydrogen-bond donors (Lipinski definition) is 2. The lowest BCUT2D eigenvalue weighted by Gasteiger charge is -2.03. The summed E-state index contributed by atoms with van der Waals surface area (Å²) < 4.78 is 4.74. The summed E-state index contributed by atoms with van der Waals surface area (Å²) in [4.78, 5) is 25.4. The monoisotopic (exact) mass is 314 g/mol. The van der Waals surface area contributed by atoms with E-state index in [1.54, 1.807) is 32.2 Å². The lowest BCUT2D eigenvalue weighted by atomic mass is 10.1. The molecule has 0 aliphatic heterocycles. The largest absolute Gasteiger partial charge is 0.545 e. The van der Waals surface area contributed by atoms with Gasteiger partial charge in [-0.15, -0.1) is 0 Å². The van der Waals surface area contributed by atoms with E-state index in [1.807, 2.05) is 0 Å². The van der Waals surface area contributed by atoms with Gasteiger partial charge < -0.3 is 19.6 Å². The van der Waals surface area contributed by atoms with Gasteiger partial charge in [0.1, 0.15) is 0 Å². The maximum Gasteiger partial charge on any atom is 0.339 e. The first-order valence-corrected chi connectivity index (χ1v) is 6.82. The van der Waals surface area contributed by atoms with E-state index < -0.39 is 11.9 Å². The van der Waals surface area contributed by atoms with Crippen molar-refractivity contribution >= 4 is 23.8 Å². The SMILES string of the molecule is COC(=O)c1c(C)[nH]c(/C=N/Nc2ccc(C(=O)[O-])cc2)c1C. The molecule has 2 aromatic rings. The first kappa shape index (κ1) is 16.3. The van der Waals surface area contributed by atoms with Gasteiger partial charge in [0.05, 0.1) is 36.2 Å². The van der Waals surface area contributed by atoms with Crippen LogP contribution in [0.2, 0.25) is 0 Å². The van der Waals surface area contributed by atoms with Gasteiger partial charge in [0.15, 0.2) is 0 Å². The van der Waals surface area contributed by atoms with Crippen LogP contribution in [0.5, 0.6) is 0 Å². The van der Waals surface area contributed by atoms with E-state index in [2.05, 4.69) is 15.5 Å². The van der Waals surface area contributed by atoms with Crippen LogP contribution in [0.25, 0.3) is 0 Å². The number of carboxylic acids is 1. The zero-order valence-electron chi connectivity index (χ0n) is 13.0. The number of nitrogens with zero attached hydrogens (tertiary/aromatic N) is 1. The second kappa shape index (κ2) is 6.78. The van der Waals surface area contributed by atoms with E-state index >= 15 is 0 Å². The Labute approximate surface area is 133 Å². The van der Waals surface area contributed by atoms with E-state index in [-0.39, 0.29) is 5.56 Å². The molecule has 0 radical (unpaired) electrons. The Morgan fingerprint density at radius 3 is 2.48 bits per heavy atom. The normalized spacial score (nSPS) is 10.7. The van der Waals surface area contributed by atoms with Gasteiger partial charge >= 0.3 is 5.97 Å². The van der Waals surface area contributed by atoms with Crippen molar-refractivity contribution in [1.82, 2.24) is 4.98 Å². The number of benzene rings is 1. The third-order valence-electron chi connectivity index (χ3n) is 3.37. The van der Waals surface area contributed by atoms with E-state index in [0.29, 0.717) is 22.6 Å². The molecule has 0 saturated heterocycles. The number of esters is 1. The molecule has 2 N–H and O–H groups in total. The predicted molar refractivity (Wildman–Crippen MR) is 83.6 cm³/mol. The molecule has 23 heavy (non-hydrogen) atoms. The Morgan fingerprint density at radius 1 is 1.26 bits per heavy atom. The molecule has 0 unspecified atom stereocenters. The van der Waals surface area contributed by atoms with Crippen molar-refractivity contribution in [3.8, 4) is 0 Å². The summed E-state index contributed by atoms with van der Waals surface area (Å²) in [6.07, 6.45) is 1.54. The fourth-order valence-corrected chi connectivity index (χ4v) is 2.16. The highest BCUT2D eigenvalue weighted by atomic mass is 16.5. The highest BCUT2D eigenvalue weighted by Crippen LogP contribution is 2.17. The van der Waals surface area contributed by atoms with Crippen LogP contribution < -0.4 is 10.5 Å². The number of H-pyrrole nitrogens is 1. The molecule has 7 nitrogen and oxygen atoms in total. The molecule has 1 heterocycles. The molecule has 0 fully saturated rings. The standard InChI is InChI=1S/C16H17N3O4/c1-9-13(18-10(2)14(9)16(22)23-3)8-17-19-12-6-4-11(5-7-12)15(20)21/h4-8,18-19H,1-3H3,(H,20,21)/p-1/b17-8+. The van der Waals surface area contributed by atoms with Crippen LogP contribution in [0.3, 0.4) is 0 Å². The van der Waals surface area contributed by atoms with Crippen LogP contribution in [0.1, 0.15) is 37.7 Å². The first-order chi connectivity index (χ1) is 10.9. The topological polar surface area (TPSA) is 107 Å². The molecular formula is C16H16N3O4-. The molecule has 120 valence electrons. The van der Waals surface area contributed by atoms with Gasteiger partial charge in [-0.1, -0.05) is 12.1 Å². The number of aromatic amines is 1. The van der Waals surface area contributed by atoms with Gasteiger partial charge in [0.2, 0.25) is 0 Å². The third kappa shape index (κ3) is 3.57. The molecular weight excluding hydrogens is 298 g/mol. The van der Waals surface area contributed by atoms with E-state index in [9.17, 15) is 14.7 Å². The van der Waals surface area contributed by atoms with E-state index in [4.69, 9.17) is 4.74 Å². The number of methoxy groups -OCH3 is 1. The first-order valence-electron chi connectivity index (χ1n) is 6.82. The van der Waals surface area contributed by atoms with Gasteiger partial charge in [-0.25, -0.2) is 4.79 Å². The molecule has 2 rings (SSSR count). The molecule has 0 atom stereocenters. The van der Waals surface area contributed by atoms with Crippen molar-refractivity contribution in [2.24, 2.45) is 5.10 Å². The Hall–Kier alpha value is -3.09. The summed E-state index contributed by atoms with van der Waals surface area (Å²) in [5, 5.41) is 14.7. The van der Waals surface area contributed by atoms with Crippen LogP contribution in [0, 0.1) is 13.8 Å². The van der Waals surface area contributed by atoms with Crippen molar-refractivity contribution in [3.05, 3.63) is 52.3 Å². The van der Waals surface area contributed by atoms with Gasteiger partial charge in [-0.3, -0.25) is 5.43 Å². The van der Waals surface area contributed by atoms with Gasteiger partial charge in [-0.2, -0.15) is 5.10 Å². The minimum absolute atomic E-state index is 0.0955. The highest BCUT2D eigenvalue weighted by molar-refractivity contribution is 5.96. The van der Waals surface area contributed by atoms with Gasteiger partial charge in [0.25, 0.3) is 0 Å². The number of aromatic nitrogens is 1. The van der Waals surface area contributed by atoms with Crippen molar-refractivity contribution in [2.45, 2.75) is 13.8 Å². The quantitative estimate of drug-likeness (QED) is 0.490. The number of aryl methyl sites for hydroxylation is 1. The van der Waals surface area contributed by atoms with Crippen LogP contribution in [-0.2, 0) is 4.74 Å². The van der Waals surface area contributed by atoms with Crippen molar-refractivity contribution < 1.29 is 19.4 Å². The van der Waals surface area contributed by atoms with Gasteiger partial charge in [-0.05, 0) is 37.1 Å². The minimum Gasteiger partial charge on any atom is -0.545 e. The van der Waals surface area contributed by atoms with E-state index in [0.717, 1.165) is 5.56 Å². The highest BCUT2D eigenvalue weighted by Gasteiger charge is 2.17. The zero-order valence-corrected chi connectivity index (χ0v) is 13.0. The summed E-state index contributed by atoms with van der Waals surface area (Å²) in [6, 6.07) is 6.00. The molecule has 0 spiro atoms. The number of carbonyl (C=O) groups excluding carboxylic acids is 2. The van der Waals surface area contributed by atoms with Crippen LogP contribution in [0.4, 0.5) is 5.69 Å². The average Bonchev–Trinajstić information content (AvgIpc) is 2.81. The van der Waals surface area contributed by atoms with Crippen LogP contribution >= 0.6 is 0 Å². The van der Waals surface area contributed by atoms with Gasteiger partial charge in [0, 0.05) is 5.69 Å². The number of carboxylic acid groups (broad SMARTS) is 1. The molecule has 0 amide bonds. The molecule has 0 aliphatic carbocycles. The number of anilines is 1. The summed E-state index contributed by atoms with van der Waals surface area (Å²) in [6.45, 7) is 3.58. The smallest absolute Gasteiger partial charge is 0.339 e. The van der Waals surface area contributed by atoms with Crippen molar-refractivity contribution in [1.29, 1.82) is 0 Å². The maximum absolute atomic E-state index is 11.7. The number of carbonyl (C=O) groups is 2. The summed E-state index contributed by atoms with van der Waals surface area (Å²) in [5.74, 6) is -1.63. The molecule has 0 aliphatic rings. The Kier molecular flexibility index (Phi) is 4.80. The number of nitrogens with one attached hydrogen (secondary N) is 2. The number of ether oxygens (including phenoxy) is 1. The average molecular weight is 314 g/mol. The second-order valence-electron chi connectivity index (χ2n) is 4.89. The Balaban J connectivity index is 2.12. The molecule has 1 aromatic heterocycles. The summed E-state index contributed by atoms with van der Waals surface area (Å²) in [7, 11) is 1.33. The summed E-state index contributed by atoms with van der Waals surface area (Å²) in [5.41, 5.74) is 6.12. The third-order valence-corrected chi connectivity index (χ3v) is 3.37. The zero-order chi connectivity index (χ0) is 17.0. The number of rotatable bonds is 5. The second-order valence-corrected chi connectivity index (χ2v) is 4.89. The lowest BCUT2D eigenvalue weighted by molar-refractivity contribution is -0.255. The summed E-state index contributed by atoms with van der Waals surface area (Å²) >= 11 is 0. The molecule has 0 saturated carbocycles. The predicted octanol–water partition coefficient (Wildman–Crippen LogP) is 1.23. The number of aromatic carboxylic acids is 1. The minimum atomic E-state index is -1.23. The Morgan fingerprint density at radius 2 is 1.91 bits per heavy atom.